The molecular formula is C9H13BrClN. The average molecular weight is 251 g/mol. The first-order chi connectivity index (χ1) is 5.24. The molecule has 0 amide bonds. The van der Waals surface area contributed by atoms with Crippen LogP contribution in [-0.4, -0.2) is 0 Å². The van der Waals surface area contributed by atoms with Gasteiger partial charge < -0.3 is 5.73 Å². The van der Waals surface area contributed by atoms with Gasteiger partial charge in [-0.2, -0.15) is 0 Å². The normalized spacial score (nSPS) is 11.9. The van der Waals surface area contributed by atoms with Crippen LogP contribution in [0.2, 0.25) is 0 Å². The van der Waals surface area contributed by atoms with E-state index in [-0.39, 0.29) is 18.4 Å². The minimum atomic E-state index is 0. The van der Waals surface area contributed by atoms with Crippen molar-refractivity contribution in [2.24, 2.45) is 5.73 Å². The van der Waals surface area contributed by atoms with Crippen molar-refractivity contribution in [3.63, 3.8) is 0 Å². The number of nitrogens with two attached hydrogens (primary N) is 1. The molecule has 0 spiro atoms. The van der Waals surface area contributed by atoms with E-state index in [4.69, 9.17) is 5.73 Å². The Morgan fingerprint density at radius 1 is 1.50 bits per heavy atom. The van der Waals surface area contributed by atoms with Gasteiger partial charge in [0.2, 0.25) is 0 Å². The summed E-state index contributed by atoms with van der Waals surface area (Å²) in [6.45, 7) is 2.09. The Balaban J connectivity index is 0.00000121. The molecule has 0 aromatic heterocycles. The first-order valence-electron chi connectivity index (χ1n) is 3.75. The summed E-state index contributed by atoms with van der Waals surface area (Å²) in [5, 5.41) is 0. The maximum atomic E-state index is 5.84. The standard InChI is InChI=1S/C9H12BrN.ClH/c1-2-9(11)7-4-3-5-8(10)6-7;/h3-6,9H,2,11H2,1H3;1H/t9-;/m1./s1. The number of halogens is 2. The fraction of sp³-hybridized carbons (Fsp3) is 0.333. The van der Waals surface area contributed by atoms with Crippen LogP contribution in [0.3, 0.4) is 0 Å². The molecule has 3 heteroatoms. The zero-order valence-electron chi connectivity index (χ0n) is 6.96. The first-order valence-corrected chi connectivity index (χ1v) is 4.54. The summed E-state index contributed by atoms with van der Waals surface area (Å²) in [5.74, 6) is 0. The molecule has 0 aliphatic heterocycles. The summed E-state index contributed by atoms with van der Waals surface area (Å²) < 4.78 is 1.10. The highest BCUT2D eigenvalue weighted by atomic mass is 79.9. The molecule has 0 aliphatic carbocycles. The lowest BCUT2D eigenvalue weighted by molar-refractivity contribution is 0.698. The zero-order valence-corrected chi connectivity index (χ0v) is 9.36. The van der Waals surface area contributed by atoms with Crippen molar-refractivity contribution in [1.82, 2.24) is 0 Å². The lowest BCUT2D eigenvalue weighted by Crippen LogP contribution is -2.07. The van der Waals surface area contributed by atoms with E-state index < -0.39 is 0 Å². The van der Waals surface area contributed by atoms with E-state index in [0.717, 1.165) is 10.9 Å². The summed E-state index contributed by atoms with van der Waals surface area (Å²) in [6, 6.07) is 8.31. The average Bonchev–Trinajstić information content (AvgIpc) is 2.03. The predicted octanol–water partition coefficient (Wildman–Crippen LogP) is 3.28. The van der Waals surface area contributed by atoms with Crippen LogP contribution in [0.15, 0.2) is 28.7 Å². The molecule has 0 fully saturated rings. The molecule has 1 aromatic rings. The Bertz CT molecular complexity index is 240. The molecule has 1 aromatic carbocycles. The maximum Gasteiger partial charge on any atom is 0.0292 e. The van der Waals surface area contributed by atoms with Crippen molar-refractivity contribution >= 4 is 28.3 Å². The molecule has 1 nitrogen and oxygen atoms in total. The zero-order chi connectivity index (χ0) is 8.27. The molecule has 1 rings (SSSR count). The molecule has 0 aliphatic rings. The van der Waals surface area contributed by atoms with Gasteiger partial charge in [0, 0.05) is 10.5 Å². The van der Waals surface area contributed by atoms with Crippen LogP contribution < -0.4 is 5.73 Å². The van der Waals surface area contributed by atoms with Crippen molar-refractivity contribution in [3.8, 4) is 0 Å². The summed E-state index contributed by atoms with van der Waals surface area (Å²) in [7, 11) is 0. The van der Waals surface area contributed by atoms with Crippen LogP contribution in [0.5, 0.6) is 0 Å². The number of benzene rings is 1. The Hall–Kier alpha value is -0.0500. The van der Waals surface area contributed by atoms with Gasteiger partial charge in [-0.1, -0.05) is 35.0 Å². The van der Waals surface area contributed by atoms with E-state index >= 15 is 0 Å². The fourth-order valence-corrected chi connectivity index (χ4v) is 1.39. The second kappa shape index (κ2) is 5.57. The summed E-state index contributed by atoms with van der Waals surface area (Å²) >= 11 is 3.40. The number of hydrogen-bond acceptors (Lipinski definition) is 1. The summed E-state index contributed by atoms with van der Waals surface area (Å²) in [5.41, 5.74) is 7.04. The van der Waals surface area contributed by atoms with Crippen molar-refractivity contribution in [2.45, 2.75) is 19.4 Å². The Kier molecular flexibility index (Phi) is 5.55. The summed E-state index contributed by atoms with van der Waals surface area (Å²) in [4.78, 5) is 0. The van der Waals surface area contributed by atoms with E-state index in [1.54, 1.807) is 0 Å². The quantitative estimate of drug-likeness (QED) is 0.856. The van der Waals surface area contributed by atoms with E-state index in [1.807, 2.05) is 12.1 Å². The predicted molar refractivity (Wildman–Crippen MR) is 58.6 cm³/mol. The minimum Gasteiger partial charge on any atom is -0.324 e. The van der Waals surface area contributed by atoms with Crippen LogP contribution in [-0.2, 0) is 0 Å². The van der Waals surface area contributed by atoms with E-state index in [0.29, 0.717) is 0 Å². The van der Waals surface area contributed by atoms with Crippen LogP contribution in [0.1, 0.15) is 24.9 Å². The highest BCUT2D eigenvalue weighted by Crippen LogP contribution is 2.18. The topological polar surface area (TPSA) is 26.0 Å². The molecular weight excluding hydrogens is 237 g/mol. The van der Waals surface area contributed by atoms with E-state index in [2.05, 4.69) is 35.0 Å². The Labute approximate surface area is 87.9 Å². The Morgan fingerprint density at radius 3 is 2.67 bits per heavy atom. The van der Waals surface area contributed by atoms with Crippen LogP contribution in [0.4, 0.5) is 0 Å². The van der Waals surface area contributed by atoms with Gasteiger partial charge in [-0.3, -0.25) is 0 Å². The third kappa shape index (κ3) is 3.13. The highest BCUT2D eigenvalue weighted by Gasteiger charge is 2.01. The highest BCUT2D eigenvalue weighted by molar-refractivity contribution is 9.10. The monoisotopic (exact) mass is 249 g/mol. The van der Waals surface area contributed by atoms with Crippen LogP contribution >= 0.6 is 28.3 Å². The Morgan fingerprint density at radius 2 is 2.17 bits per heavy atom. The van der Waals surface area contributed by atoms with Crippen molar-refractivity contribution in [1.29, 1.82) is 0 Å². The van der Waals surface area contributed by atoms with Gasteiger partial charge in [-0.05, 0) is 24.1 Å². The third-order valence-electron chi connectivity index (χ3n) is 1.72. The van der Waals surface area contributed by atoms with Gasteiger partial charge in [0.05, 0.1) is 0 Å². The number of hydrogen-bond donors (Lipinski definition) is 1. The second-order valence-corrected chi connectivity index (χ2v) is 3.49. The molecule has 1 atom stereocenters. The number of rotatable bonds is 2. The maximum absolute atomic E-state index is 5.84. The van der Waals surface area contributed by atoms with Crippen LogP contribution in [0, 0.1) is 0 Å². The minimum absolute atomic E-state index is 0. The van der Waals surface area contributed by atoms with Crippen molar-refractivity contribution < 1.29 is 0 Å². The molecule has 2 N–H and O–H groups in total. The molecule has 0 unspecified atom stereocenters. The SMILES string of the molecule is CC[C@@H](N)c1cccc(Br)c1.Cl. The van der Waals surface area contributed by atoms with Gasteiger partial charge in [0.1, 0.15) is 0 Å². The molecule has 12 heavy (non-hydrogen) atoms. The lowest BCUT2D eigenvalue weighted by atomic mass is 10.1. The summed E-state index contributed by atoms with van der Waals surface area (Å²) in [6.07, 6.45) is 0.983. The van der Waals surface area contributed by atoms with Gasteiger partial charge in [0.15, 0.2) is 0 Å². The van der Waals surface area contributed by atoms with E-state index in [1.165, 1.54) is 5.56 Å². The van der Waals surface area contributed by atoms with Gasteiger partial charge in [-0.15, -0.1) is 12.4 Å². The van der Waals surface area contributed by atoms with Gasteiger partial charge in [0.25, 0.3) is 0 Å². The van der Waals surface area contributed by atoms with Crippen molar-refractivity contribution in [3.05, 3.63) is 34.3 Å². The molecule has 0 saturated heterocycles. The molecule has 0 saturated carbocycles. The third-order valence-corrected chi connectivity index (χ3v) is 2.21. The van der Waals surface area contributed by atoms with Crippen LogP contribution in [0.25, 0.3) is 0 Å². The smallest absolute Gasteiger partial charge is 0.0292 e. The molecule has 0 bridgehead atoms. The molecule has 0 heterocycles. The largest absolute Gasteiger partial charge is 0.324 e. The van der Waals surface area contributed by atoms with E-state index in [9.17, 15) is 0 Å². The van der Waals surface area contributed by atoms with Crippen molar-refractivity contribution in [2.75, 3.05) is 0 Å². The lowest BCUT2D eigenvalue weighted by Gasteiger charge is -2.08. The second-order valence-electron chi connectivity index (χ2n) is 2.57. The molecule has 68 valence electrons. The first kappa shape index (κ1) is 11.9. The molecule has 0 radical (unpaired) electrons. The van der Waals surface area contributed by atoms with Gasteiger partial charge in [-0.25, -0.2) is 0 Å². The fourth-order valence-electron chi connectivity index (χ4n) is 0.973. The van der Waals surface area contributed by atoms with Gasteiger partial charge >= 0.3 is 0 Å².